The Morgan fingerprint density at radius 2 is 1.00 bits per heavy atom. The van der Waals surface area contributed by atoms with Gasteiger partial charge in [-0.25, -0.2) is 8.42 Å². The summed E-state index contributed by atoms with van der Waals surface area (Å²) in [6.45, 7) is -0.215. The number of carbonyl (C=O) groups is 1. The number of hydrogen-bond acceptors (Lipinski definition) is 5. The SMILES string of the molecule is C[C@H](NCCCS(=O)(=O)C(F)(F)C(F)(F)C(F)(F)C(F)(F)C(F)(F)C(F)(F)C(F)(F)C(F)(F)F)C(=O)[O-].[K+]. The molecule has 0 heterocycles. The van der Waals surface area contributed by atoms with Gasteiger partial charge in [0.2, 0.25) is 9.84 Å². The van der Waals surface area contributed by atoms with Crippen molar-refractivity contribution in [1.82, 2.24) is 5.32 Å². The molecule has 0 spiro atoms. The second-order valence-corrected chi connectivity index (χ2v) is 9.28. The first-order chi connectivity index (χ1) is 15.8. The van der Waals surface area contributed by atoms with Gasteiger partial charge in [0.05, 0.1) is 11.7 Å². The van der Waals surface area contributed by atoms with Crippen LogP contribution in [0.2, 0.25) is 0 Å². The van der Waals surface area contributed by atoms with Crippen LogP contribution in [-0.2, 0) is 14.6 Å². The number of carbonyl (C=O) groups excluding carboxylic acids is 1. The van der Waals surface area contributed by atoms with Crippen LogP contribution in [0, 0.1) is 0 Å². The first kappa shape index (κ1) is 40.0. The number of alkyl halides is 17. The Morgan fingerprint density at radius 3 is 1.32 bits per heavy atom. The largest absolute Gasteiger partial charge is 1.00 e. The summed E-state index contributed by atoms with van der Waals surface area (Å²) in [7, 11) is -7.17. The van der Waals surface area contributed by atoms with Crippen molar-refractivity contribution < 1.29 is 144 Å². The molecular formula is C14H11F17KNO4S. The quantitative estimate of drug-likeness (QED) is 0.178. The molecule has 0 aliphatic carbocycles. The smallest absolute Gasteiger partial charge is 0.548 e. The van der Waals surface area contributed by atoms with Gasteiger partial charge in [-0.1, -0.05) is 0 Å². The normalized spacial score (nSPS) is 16.2. The third-order valence-corrected chi connectivity index (χ3v) is 6.34. The summed E-state index contributed by atoms with van der Waals surface area (Å²) < 4.78 is 246. The number of aliphatic carboxylic acids is 1. The van der Waals surface area contributed by atoms with Gasteiger partial charge < -0.3 is 15.2 Å². The van der Waals surface area contributed by atoms with E-state index in [0.717, 1.165) is 6.92 Å². The number of rotatable bonds is 13. The van der Waals surface area contributed by atoms with Crippen molar-refractivity contribution in [2.24, 2.45) is 0 Å². The van der Waals surface area contributed by atoms with Crippen LogP contribution in [0.25, 0.3) is 0 Å². The predicted octanol–water partition coefficient (Wildman–Crippen LogP) is 0.490. The van der Waals surface area contributed by atoms with E-state index >= 15 is 0 Å². The zero-order valence-corrected chi connectivity index (χ0v) is 22.1. The van der Waals surface area contributed by atoms with Crippen molar-refractivity contribution in [3.63, 3.8) is 0 Å². The summed E-state index contributed by atoms with van der Waals surface area (Å²) in [5.74, 6) is -56.1. The minimum atomic E-state index is -8.88. The van der Waals surface area contributed by atoms with Gasteiger partial charge in [0.25, 0.3) is 0 Å². The fourth-order valence-corrected chi connectivity index (χ4v) is 3.44. The van der Waals surface area contributed by atoms with E-state index in [1.807, 2.05) is 0 Å². The Balaban J connectivity index is 0. The Hall–Kier alpha value is -0.174. The van der Waals surface area contributed by atoms with Crippen LogP contribution in [-0.4, -0.2) is 79.7 Å². The van der Waals surface area contributed by atoms with Crippen molar-refractivity contribution in [3.05, 3.63) is 0 Å². The molecule has 0 radical (unpaired) electrons. The molecule has 0 bridgehead atoms. The van der Waals surface area contributed by atoms with Crippen LogP contribution in [0.3, 0.4) is 0 Å². The van der Waals surface area contributed by atoms with Crippen LogP contribution in [0.4, 0.5) is 74.6 Å². The summed E-state index contributed by atoms with van der Waals surface area (Å²) in [6, 6.07) is -1.66. The molecule has 1 N–H and O–H groups in total. The molecule has 0 aromatic rings. The second-order valence-electron chi connectivity index (χ2n) is 7.13. The second kappa shape index (κ2) is 11.6. The number of hydrogen-bond donors (Lipinski definition) is 1. The Kier molecular flexibility index (Phi) is 12.2. The van der Waals surface area contributed by atoms with Gasteiger partial charge >= 0.3 is 98.4 Å². The fraction of sp³-hybridized carbons (Fsp3) is 0.929. The molecule has 222 valence electrons. The summed E-state index contributed by atoms with van der Waals surface area (Å²) in [4.78, 5) is 10.4. The van der Waals surface area contributed by atoms with Crippen molar-refractivity contribution in [1.29, 1.82) is 0 Å². The molecule has 0 saturated carbocycles. The van der Waals surface area contributed by atoms with Crippen LogP contribution in [0.5, 0.6) is 0 Å². The molecule has 0 aromatic carbocycles. The molecule has 1 atom stereocenters. The minimum absolute atomic E-state index is 0. The van der Waals surface area contributed by atoms with Gasteiger partial charge in [0.15, 0.2) is 0 Å². The van der Waals surface area contributed by atoms with E-state index in [4.69, 9.17) is 0 Å². The van der Waals surface area contributed by atoms with Crippen molar-refractivity contribution in [2.75, 3.05) is 12.3 Å². The molecule has 0 aliphatic heterocycles. The third kappa shape index (κ3) is 6.18. The molecular weight excluding hydrogens is 640 g/mol. The maximum atomic E-state index is 13.8. The standard InChI is InChI=1S/C14H12F17NO4S.K/c1-5(6(33)34)32-3-2-4-37(35,36)14(30,31)12(25,26)10(21,22)8(17,18)7(15,16)9(19,20)11(23,24)13(27,28)29;/h5,32H,2-4H2,1H3,(H,33,34);/q;+1/p-1/t5-;/m0./s1. The maximum absolute atomic E-state index is 13.8. The predicted molar refractivity (Wildman–Crippen MR) is 81.6 cm³/mol. The van der Waals surface area contributed by atoms with E-state index in [9.17, 15) is 93.0 Å². The third-order valence-electron chi connectivity index (χ3n) is 4.48. The van der Waals surface area contributed by atoms with Crippen molar-refractivity contribution >= 4 is 15.8 Å². The summed E-state index contributed by atoms with van der Waals surface area (Å²) >= 11 is 0. The average molecular weight is 651 g/mol. The molecule has 5 nitrogen and oxygen atoms in total. The van der Waals surface area contributed by atoms with Crippen LogP contribution < -0.4 is 61.8 Å². The molecule has 0 aromatic heterocycles. The van der Waals surface area contributed by atoms with Gasteiger partial charge in [-0.05, 0) is 19.9 Å². The topological polar surface area (TPSA) is 86.3 Å². The number of halogens is 17. The molecule has 0 amide bonds. The summed E-state index contributed by atoms with van der Waals surface area (Å²) in [5.41, 5.74) is 0. The van der Waals surface area contributed by atoms with Gasteiger partial charge in [0, 0.05) is 6.04 Å². The van der Waals surface area contributed by atoms with E-state index < -0.39 is 87.5 Å². The number of sulfone groups is 1. The molecule has 38 heavy (non-hydrogen) atoms. The maximum Gasteiger partial charge on any atom is 1.00 e. The van der Waals surface area contributed by atoms with Gasteiger partial charge in [-0.3, -0.25) is 0 Å². The number of nitrogens with one attached hydrogen (secondary N) is 1. The van der Waals surface area contributed by atoms with Crippen LogP contribution in [0.1, 0.15) is 13.3 Å². The monoisotopic (exact) mass is 651 g/mol. The first-order valence-electron chi connectivity index (χ1n) is 8.71. The Bertz CT molecular complexity index is 951. The molecule has 0 unspecified atom stereocenters. The van der Waals surface area contributed by atoms with Gasteiger partial charge in [-0.15, -0.1) is 0 Å². The molecule has 24 heteroatoms. The zero-order valence-electron chi connectivity index (χ0n) is 18.2. The minimum Gasteiger partial charge on any atom is -0.548 e. The molecule has 0 saturated heterocycles. The van der Waals surface area contributed by atoms with Crippen LogP contribution in [0.15, 0.2) is 0 Å². The van der Waals surface area contributed by atoms with Crippen molar-refractivity contribution in [3.8, 4) is 0 Å². The van der Waals surface area contributed by atoms with E-state index in [-0.39, 0.29) is 51.4 Å². The molecule has 0 aliphatic rings. The molecule has 0 fully saturated rings. The average Bonchev–Trinajstić information content (AvgIpc) is 2.68. The van der Waals surface area contributed by atoms with Gasteiger partial charge in [-0.2, -0.15) is 74.6 Å². The van der Waals surface area contributed by atoms with Crippen molar-refractivity contribution in [2.45, 2.75) is 66.4 Å². The first-order valence-corrected chi connectivity index (χ1v) is 10.4. The Morgan fingerprint density at radius 1 is 0.684 bits per heavy atom. The van der Waals surface area contributed by atoms with Gasteiger partial charge in [0.1, 0.15) is 0 Å². The summed E-state index contributed by atoms with van der Waals surface area (Å²) in [5, 5.41) is 4.59. The number of carboxylic acids is 1. The van der Waals surface area contributed by atoms with Crippen LogP contribution >= 0.6 is 0 Å². The van der Waals surface area contributed by atoms with E-state index in [2.05, 4.69) is 0 Å². The Labute approximate surface area is 242 Å². The molecule has 0 rings (SSSR count). The van der Waals surface area contributed by atoms with E-state index in [0.29, 0.717) is 0 Å². The summed E-state index contributed by atoms with van der Waals surface area (Å²) in [6.07, 6.45) is -9.29. The van der Waals surface area contributed by atoms with E-state index in [1.54, 1.807) is 5.32 Å². The fourth-order valence-electron chi connectivity index (χ4n) is 2.14. The van der Waals surface area contributed by atoms with E-state index in [1.165, 1.54) is 0 Å². The zero-order chi connectivity index (χ0) is 30.5. The number of carboxylic acid groups (broad SMARTS) is 1.